The molecule has 1 atom stereocenters. The number of aryl methyl sites for hydroxylation is 1. The summed E-state index contributed by atoms with van der Waals surface area (Å²) in [5, 5.41) is 3.41. The van der Waals surface area contributed by atoms with Gasteiger partial charge in [0.2, 0.25) is 0 Å². The number of pyridine rings is 1. The minimum absolute atomic E-state index is 0.226. The van der Waals surface area contributed by atoms with Gasteiger partial charge in [-0.3, -0.25) is 0 Å². The monoisotopic (exact) mass is 504 g/mol. The molecular weight excluding hydrogens is 469 g/mol. The van der Waals surface area contributed by atoms with Crippen molar-refractivity contribution in [3.8, 4) is 11.1 Å². The maximum absolute atomic E-state index is 12.8. The second kappa shape index (κ2) is 10.9. The molecule has 1 aromatic heterocycles. The summed E-state index contributed by atoms with van der Waals surface area (Å²) in [5.74, 6) is 1.49. The molecule has 0 spiro atoms. The minimum atomic E-state index is -4.16. The number of halogens is 3. The zero-order chi connectivity index (χ0) is 25.9. The summed E-state index contributed by atoms with van der Waals surface area (Å²) >= 11 is 0. The number of benzene rings is 1. The van der Waals surface area contributed by atoms with Crippen LogP contribution in [-0.4, -0.2) is 67.5 Å². The zero-order valence-electron chi connectivity index (χ0n) is 21.1. The van der Waals surface area contributed by atoms with Crippen LogP contribution in [0.2, 0.25) is 0 Å². The molecule has 0 saturated carbocycles. The molecule has 0 unspecified atom stereocenters. The average molecular weight is 505 g/mol. The molecule has 0 radical (unpaired) electrons. The summed E-state index contributed by atoms with van der Waals surface area (Å²) in [6.07, 6.45) is -4.49. The number of rotatable bonds is 6. The Hall–Kier alpha value is -3.01. The molecule has 0 amide bonds. The minimum Gasteiger partial charge on any atom is -0.378 e. The van der Waals surface area contributed by atoms with Crippen LogP contribution < -0.4 is 16.0 Å². The summed E-state index contributed by atoms with van der Waals surface area (Å²) in [7, 11) is 0. The van der Waals surface area contributed by atoms with Crippen LogP contribution in [0.3, 0.4) is 0 Å². The van der Waals surface area contributed by atoms with Gasteiger partial charge in [0.05, 0.1) is 18.9 Å². The van der Waals surface area contributed by atoms with Crippen LogP contribution in [-0.2, 0) is 4.74 Å². The fraction of sp³-hybridized carbons (Fsp3) is 0.538. The molecule has 2 saturated heterocycles. The lowest BCUT2D eigenvalue weighted by Crippen LogP contribution is -2.36. The SMILES string of the molecule is Cc1ccc(N=C(N)N2CC[C@@H](CC(F)(F)F)C2)cc1-c1cc(NC(C)C)nc(N2CCOCC2)c1. The van der Waals surface area contributed by atoms with Gasteiger partial charge in [0, 0.05) is 38.6 Å². The van der Waals surface area contributed by atoms with Crippen LogP contribution in [0.15, 0.2) is 35.3 Å². The van der Waals surface area contributed by atoms with Crippen LogP contribution >= 0.6 is 0 Å². The van der Waals surface area contributed by atoms with Crippen LogP contribution in [0.1, 0.15) is 32.3 Å². The van der Waals surface area contributed by atoms with Gasteiger partial charge in [-0.15, -0.1) is 0 Å². The first-order valence-electron chi connectivity index (χ1n) is 12.5. The van der Waals surface area contributed by atoms with Crippen molar-refractivity contribution < 1.29 is 17.9 Å². The summed E-state index contributed by atoms with van der Waals surface area (Å²) < 4.78 is 43.8. The molecule has 1 aromatic carbocycles. The van der Waals surface area contributed by atoms with E-state index in [1.165, 1.54) is 0 Å². The van der Waals surface area contributed by atoms with Crippen LogP contribution in [0.25, 0.3) is 11.1 Å². The molecule has 4 rings (SSSR count). The topological polar surface area (TPSA) is 79.0 Å². The Labute approximate surface area is 210 Å². The van der Waals surface area contributed by atoms with E-state index in [-0.39, 0.29) is 18.5 Å². The number of anilines is 2. The maximum atomic E-state index is 12.8. The van der Waals surface area contributed by atoms with Gasteiger partial charge in [-0.25, -0.2) is 9.98 Å². The Morgan fingerprint density at radius 1 is 1.19 bits per heavy atom. The number of nitrogens with two attached hydrogens (primary N) is 1. The number of nitrogens with one attached hydrogen (secondary N) is 1. The van der Waals surface area contributed by atoms with Crippen molar-refractivity contribution in [1.29, 1.82) is 0 Å². The molecule has 36 heavy (non-hydrogen) atoms. The van der Waals surface area contributed by atoms with Gasteiger partial charge in [-0.1, -0.05) is 6.07 Å². The van der Waals surface area contributed by atoms with Crippen molar-refractivity contribution in [3.63, 3.8) is 0 Å². The summed E-state index contributed by atoms with van der Waals surface area (Å²) in [6.45, 7) is 9.83. The van der Waals surface area contributed by atoms with Gasteiger partial charge < -0.3 is 25.6 Å². The predicted octanol–water partition coefficient (Wildman–Crippen LogP) is 4.93. The first kappa shape index (κ1) is 26.1. The molecule has 3 heterocycles. The zero-order valence-corrected chi connectivity index (χ0v) is 21.1. The van der Waals surface area contributed by atoms with Gasteiger partial charge in [-0.2, -0.15) is 13.2 Å². The quantitative estimate of drug-likeness (QED) is 0.429. The first-order chi connectivity index (χ1) is 17.1. The Morgan fingerprint density at radius 3 is 2.64 bits per heavy atom. The predicted molar refractivity (Wildman–Crippen MR) is 138 cm³/mol. The van der Waals surface area contributed by atoms with Crippen LogP contribution in [0, 0.1) is 12.8 Å². The third-order valence-electron chi connectivity index (χ3n) is 6.49. The molecule has 3 N–H and O–H groups in total. The van der Waals surface area contributed by atoms with E-state index in [9.17, 15) is 13.2 Å². The van der Waals surface area contributed by atoms with Gasteiger partial charge in [0.15, 0.2) is 5.96 Å². The molecule has 0 aliphatic carbocycles. The second-order valence-electron chi connectivity index (χ2n) is 9.89. The first-order valence-corrected chi connectivity index (χ1v) is 12.5. The molecule has 2 aliphatic rings. The van der Waals surface area contributed by atoms with Gasteiger partial charge >= 0.3 is 6.18 Å². The number of aromatic nitrogens is 1. The molecule has 2 aliphatic heterocycles. The Kier molecular flexibility index (Phi) is 7.92. The van der Waals surface area contributed by atoms with Crippen molar-refractivity contribution in [3.05, 3.63) is 35.9 Å². The smallest absolute Gasteiger partial charge is 0.378 e. The number of morpholine rings is 1. The van der Waals surface area contributed by atoms with E-state index in [1.807, 2.05) is 31.2 Å². The fourth-order valence-electron chi connectivity index (χ4n) is 4.72. The lowest BCUT2D eigenvalue weighted by molar-refractivity contribution is -0.143. The number of hydrogen-bond acceptors (Lipinski definition) is 5. The molecule has 2 aromatic rings. The van der Waals surface area contributed by atoms with Crippen molar-refractivity contribution in [1.82, 2.24) is 9.88 Å². The molecule has 2 fully saturated rings. The van der Waals surface area contributed by atoms with Crippen molar-refractivity contribution in [2.75, 3.05) is 49.6 Å². The molecule has 10 heteroatoms. The normalized spacial score (nSPS) is 19.3. The van der Waals surface area contributed by atoms with Gasteiger partial charge in [0.25, 0.3) is 0 Å². The summed E-state index contributed by atoms with van der Waals surface area (Å²) in [6, 6.07) is 10.2. The molecule has 7 nitrogen and oxygen atoms in total. The van der Waals surface area contributed by atoms with Gasteiger partial charge in [-0.05, 0) is 74.1 Å². The van der Waals surface area contributed by atoms with E-state index in [0.717, 1.165) is 41.4 Å². The second-order valence-corrected chi connectivity index (χ2v) is 9.89. The van der Waals surface area contributed by atoms with E-state index < -0.39 is 18.5 Å². The number of hydrogen-bond donors (Lipinski definition) is 2. The summed E-state index contributed by atoms with van der Waals surface area (Å²) in [4.78, 5) is 13.4. The number of aliphatic imine (C=N–C) groups is 1. The highest BCUT2D eigenvalue weighted by atomic mass is 19.4. The lowest BCUT2D eigenvalue weighted by Gasteiger charge is -2.29. The van der Waals surface area contributed by atoms with E-state index in [0.29, 0.717) is 31.9 Å². The largest absolute Gasteiger partial charge is 0.389 e. The van der Waals surface area contributed by atoms with E-state index >= 15 is 0 Å². The highest BCUT2D eigenvalue weighted by Crippen LogP contribution is 2.33. The van der Waals surface area contributed by atoms with Crippen LogP contribution in [0.5, 0.6) is 0 Å². The fourth-order valence-corrected chi connectivity index (χ4v) is 4.72. The third-order valence-corrected chi connectivity index (χ3v) is 6.49. The third kappa shape index (κ3) is 6.81. The number of likely N-dealkylation sites (tertiary alicyclic amines) is 1. The Morgan fingerprint density at radius 2 is 1.94 bits per heavy atom. The van der Waals surface area contributed by atoms with E-state index in [4.69, 9.17) is 15.5 Å². The number of alkyl halides is 3. The Bertz CT molecular complexity index is 1080. The molecule has 0 bridgehead atoms. The lowest BCUT2D eigenvalue weighted by atomic mass is 10.00. The summed E-state index contributed by atoms with van der Waals surface area (Å²) in [5.41, 5.74) is 9.97. The van der Waals surface area contributed by atoms with Crippen molar-refractivity contribution >= 4 is 23.3 Å². The highest BCUT2D eigenvalue weighted by Gasteiger charge is 2.35. The van der Waals surface area contributed by atoms with Crippen LogP contribution in [0.4, 0.5) is 30.5 Å². The molecular formula is C26H35F3N6O. The Balaban J connectivity index is 1.60. The number of guanidine groups is 1. The van der Waals surface area contributed by atoms with E-state index in [2.05, 4.69) is 35.1 Å². The van der Waals surface area contributed by atoms with Crippen molar-refractivity contribution in [2.45, 2.75) is 45.8 Å². The maximum Gasteiger partial charge on any atom is 0.389 e. The standard InChI is InChI=1S/C26H35F3N6O/c1-17(2)31-23-12-20(13-24(33-23)34-8-10-36-11-9-34)22-14-21(5-4-18(22)3)32-25(30)35-7-6-19(16-35)15-26(27,28)29/h4-5,12-14,17,19H,6-11,15-16H2,1-3H3,(H2,30,32)(H,31,33)/t19-/m0/s1. The number of ether oxygens (including phenoxy) is 1. The molecule has 196 valence electrons. The van der Waals surface area contributed by atoms with E-state index in [1.54, 1.807) is 4.90 Å². The average Bonchev–Trinajstić information content (AvgIpc) is 3.27. The van der Waals surface area contributed by atoms with Gasteiger partial charge in [0.1, 0.15) is 11.6 Å². The number of nitrogens with zero attached hydrogens (tertiary/aromatic N) is 4. The highest BCUT2D eigenvalue weighted by molar-refractivity contribution is 5.83. The van der Waals surface area contributed by atoms with Crippen molar-refractivity contribution in [2.24, 2.45) is 16.6 Å².